The summed E-state index contributed by atoms with van der Waals surface area (Å²) in [5.41, 5.74) is 1.82. The van der Waals surface area contributed by atoms with E-state index in [1.165, 1.54) is 40.1 Å². The number of amides is 1. The van der Waals surface area contributed by atoms with Gasteiger partial charge >= 0.3 is 0 Å². The van der Waals surface area contributed by atoms with Gasteiger partial charge in [0.25, 0.3) is 5.91 Å². The van der Waals surface area contributed by atoms with Crippen molar-refractivity contribution in [3.05, 3.63) is 54.0 Å². The average molecular weight is 390 g/mol. The molecule has 1 N–H and O–H groups in total. The van der Waals surface area contributed by atoms with Gasteiger partial charge in [0.05, 0.1) is 17.5 Å². The first-order valence-corrected chi connectivity index (χ1v) is 10.1. The summed E-state index contributed by atoms with van der Waals surface area (Å²) in [6, 6.07) is 8.90. The Balaban J connectivity index is 2.39. The van der Waals surface area contributed by atoms with Gasteiger partial charge in [0.2, 0.25) is 10.0 Å². The van der Waals surface area contributed by atoms with Crippen molar-refractivity contribution in [3.63, 3.8) is 0 Å². The predicted molar refractivity (Wildman–Crippen MR) is 102 cm³/mol. The van der Waals surface area contributed by atoms with Crippen LogP contribution >= 0.6 is 0 Å². The number of halogens is 1. The summed E-state index contributed by atoms with van der Waals surface area (Å²) in [6.07, 6.45) is 2.74. The van der Waals surface area contributed by atoms with Crippen molar-refractivity contribution in [2.24, 2.45) is 0 Å². The normalized spacial score (nSPS) is 11.6. The molecule has 1 aromatic carbocycles. The zero-order valence-electron chi connectivity index (χ0n) is 15.1. The molecule has 0 unspecified atom stereocenters. The molecule has 0 spiro atoms. The first-order chi connectivity index (χ1) is 12.8. The van der Waals surface area contributed by atoms with Crippen LogP contribution in [0.2, 0.25) is 0 Å². The van der Waals surface area contributed by atoms with Gasteiger partial charge in [-0.2, -0.15) is 5.10 Å². The molecule has 0 atom stereocenters. The van der Waals surface area contributed by atoms with E-state index in [-0.39, 0.29) is 12.1 Å². The number of sulfonamides is 1. The standard InChI is InChI=1S/C18H19FN4O3S/c1-4-23(27(3,25)26)14-6-5-11-22-17(14)15(18(24)20-2)16(21-22)12-7-9-13(19)10-8-12/h5-11H,4H2,1-3H3,(H,20,24). The lowest BCUT2D eigenvalue weighted by Crippen LogP contribution is -2.30. The second-order valence-electron chi connectivity index (χ2n) is 5.92. The smallest absolute Gasteiger partial charge is 0.255 e. The number of rotatable bonds is 5. The summed E-state index contributed by atoms with van der Waals surface area (Å²) in [4.78, 5) is 12.7. The van der Waals surface area contributed by atoms with Crippen LogP contribution in [0.5, 0.6) is 0 Å². The maximum absolute atomic E-state index is 13.3. The van der Waals surface area contributed by atoms with Crippen molar-refractivity contribution in [2.75, 3.05) is 24.2 Å². The van der Waals surface area contributed by atoms with Crippen molar-refractivity contribution in [2.45, 2.75) is 6.92 Å². The Morgan fingerprint density at radius 2 is 1.93 bits per heavy atom. The second kappa shape index (κ2) is 6.99. The number of carbonyl (C=O) groups is 1. The van der Waals surface area contributed by atoms with Crippen LogP contribution in [0, 0.1) is 5.82 Å². The number of anilines is 1. The van der Waals surface area contributed by atoms with Crippen molar-refractivity contribution >= 4 is 27.1 Å². The number of nitrogens with one attached hydrogen (secondary N) is 1. The molecule has 3 rings (SSSR count). The average Bonchev–Trinajstić information content (AvgIpc) is 3.01. The first-order valence-electron chi connectivity index (χ1n) is 8.25. The van der Waals surface area contributed by atoms with Crippen LogP contribution < -0.4 is 9.62 Å². The van der Waals surface area contributed by atoms with E-state index in [2.05, 4.69) is 10.4 Å². The van der Waals surface area contributed by atoms with E-state index in [1.807, 2.05) is 0 Å². The summed E-state index contributed by atoms with van der Waals surface area (Å²) in [7, 11) is -2.08. The van der Waals surface area contributed by atoms with E-state index < -0.39 is 21.7 Å². The van der Waals surface area contributed by atoms with E-state index >= 15 is 0 Å². The minimum atomic E-state index is -3.56. The molecule has 142 valence electrons. The molecule has 9 heteroatoms. The molecule has 0 aliphatic heterocycles. The third-order valence-corrected chi connectivity index (χ3v) is 5.42. The molecule has 0 saturated heterocycles. The molecular weight excluding hydrogens is 371 g/mol. The SMILES string of the molecule is CCN(c1cccn2nc(-c3ccc(F)cc3)c(C(=O)NC)c12)S(C)(=O)=O. The predicted octanol–water partition coefficient (Wildman–Crippen LogP) is 2.29. The molecule has 7 nitrogen and oxygen atoms in total. The number of nitrogens with zero attached hydrogens (tertiary/aromatic N) is 3. The number of hydrogen-bond acceptors (Lipinski definition) is 4. The number of hydrogen-bond donors (Lipinski definition) is 1. The Labute approximate surface area is 156 Å². The van der Waals surface area contributed by atoms with Crippen LogP contribution in [0.3, 0.4) is 0 Å². The van der Waals surface area contributed by atoms with Crippen molar-refractivity contribution in [1.82, 2.24) is 14.9 Å². The fraction of sp³-hybridized carbons (Fsp3) is 0.222. The van der Waals surface area contributed by atoms with Crippen LogP contribution in [-0.2, 0) is 10.0 Å². The van der Waals surface area contributed by atoms with Crippen LogP contribution in [0.4, 0.5) is 10.1 Å². The topological polar surface area (TPSA) is 83.8 Å². The van der Waals surface area contributed by atoms with Crippen molar-refractivity contribution in [3.8, 4) is 11.3 Å². The quantitative estimate of drug-likeness (QED) is 0.725. The van der Waals surface area contributed by atoms with E-state index in [0.717, 1.165) is 6.26 Å². The van der Waals surface area contributed by atoms with E-state index in [1.54, 1.807) is 25.3 Å². The molecule has 1 amide bonds. The summed E-state index contributed by atoms with van der Waals surface area (Å²) in [6.45, 7) is 1.91. The van der Waals surface area contributed by atoms with Gasteiger partial charge in [-0.05, 0) is 43.3 Å². The van der Waals surface area contributed by atoms with Crippen LogP contribution in [0.15, 0.2) is 42.6 Å². The van der Waals surface area contributed by atoms with Crippen LogP contribution in [-0.4, -0.2) is 43.8 Å². The van der Waals surface area contributed by atoms with Gasteiger partial charge in [0, 0.05) is 25.4 Å². The zero-order valence-corrected chi connectivity index (χ0v) is 15.9. The highest BCUT2D eigenvalue weighted by molar-refractivity contribution is 7.92. The lowest BCUT2D eigenvalue weighted by Gasteiger charge is -2.21. The Bertz CT molecular complexity index is 1110. The zero-order chi connectivity index (χ0) is 19.8. The van der Waals surface area contributed by atoms with Crippen LogP contribution in [0.1, 0.15) is 17.3 Å². The van der Waals surface area contributed by atoms with Gasteiger partial charge in [0.15, 0.2) is 0 Å². The first kappa shape index (κ1) is 18.8. The fourth-order valence-electron chi connectivity index (χ4n) is 3.02. The molecule has 3 aromatic rings. The molecule has 0 fully saturated rings. The lowest BCUT2D eigenvalue weighted by atomic mass is 10.1. The Morgan fingerprint density at radius 1 is 1.26 bits per heavy atom. The molecule has 27 heavy (non-hydrogen) atoms. The molecule has 0 aliphatic rings. The number of pyridine rings is 1. The highest BCUT2D eigenvalue weighted by Gasteiger charge is 2.26. The van der Waals surface area contributed by atoms with Crippen molar-refractivity contribution < 1.29 is 17.6 Å². The van der Waals surface area contributed by atoms with E-state index in [4.69, 9.17) is 0 Å². The van der Waals surface area contributed by atoms with E-state index in [9.17, 15) is 17.6 Å². The lowest BCUT2D eigenvalue weighted by molar-refractivity contribution is 0.0965. The Morgan fingerprint density at radius 3 is 2.48 bits per heavy atom. The van der Waals surface area contributed by atoms with Gasteiger partial charge in [-0.3, -0.25) is 9.10 Å². The monoisotopic (exact) mass is 390 g/mol. The number of benzene rings is 1. The minimum absolute atomic E-state index is 0.197. The van der Waals surface area contributed by atoms with Crippen molar-refractivity contribution in [1.29, 1.82) is 0 Å². The Kier molecular flexibility index (Phi) is 4.88. The maximum atomic E-state index is 13.3. The van der Waals surface area contributed by atoms with E-state index in [0.29, 0.717) is 22.5 Å². The molecular formula is C18H19FN4O3S. The summed E-state index contributed by atoms with van der Waals surface area (Å²) in [5, 5.41) is 7.02. The molecule has 0 aliphatic carbocycles. The van der Waals surface area contributed by atoms with Gasteiger partial charge in [-0.1, -0.05) is 0 Å². The minimum Gasteiger partial charge on any atom is -0.355 e. The maximum Gasteiger partial charge on any atom is 0.255 e. The fourth-order valence-corrected chi connectivity index (χ4v) is 3.99. The summed E-state index contributed by atoms with van der Waals surface area (Å²) in [5.74, 6) is -0.819. The summed E-state index contributed by atoms with van der Waals surface area (Å²) < 4.78 is 40.4. The largest absolute Gasteiger partial charge is 0.355 e. The number of fused-ring (bicyclic) bond motifs is 1. The molecule has 2 aromatic heterocycles. The molecule has 0 saturated carbocycles. The molecule has 0 radical (unpaired) electrons. The summed E-state index contributed by atoms with van der Waals surface area (Å²) >= 11 is 0. The van der Waals surface area contributed by atoms with Gasteiger partial charge in [-0.15, -0.1) is 0 Å². The highest BCUT2D eigenvalue weighted by atomic mass is 32.2. The third kappa shape index (κ3) is 3.37. The van der Waals surface area contributed by atoms with Gasteiger partial charge in [-0.25, -0.2) is 17.3 Å². The number of aromatic nitrogens is 2. The number of carbonyl (C=O) groups excluding carboxylic acids is 1. The van der Waals surface area contributed by atoms with Crippen LogP contribution in [0.25, 0.3) is 16.8 Å². The molecule has 0 bridgehead atoms. The molecule has 2 heterocycles. The third-order valence-electron chi connectivity index (χ3n) is 4.16. The second-order valence-corrected chi connectivity index (χ2v) is 7.83. The van der Waals surface area contributed by atoms with Gasteiger partial charge < -0.3 is 5.32 Å². The Hall–Kier alpha value is -2.94. The van der Waals surface area contributed by atoms with Gasteiger partial charge in [0.1, 0.15) is 17.0 Å². The highest BCUT2D eigenvalue weighted by Crippen LogP contribution is 2.33.